The summed E-state index contributed by atoms with van der Waals surface area (Å²) in [5.74, 6) is -4.32. The lowest BCUT2D eigenvalue weighted by Crippen LogP contribution is -2.10. The number of nitrogens with one attached hydrogen (secondary N) is 1. The summed E-state index contributed by atoms with van der Waals surface area (Å²) < 4.78 is 44.3. The first-order valence-electron chi connectivity index (χ1n) is 5.85. The molecule has 0 radical (unpaired) electrons. The van der Waals surface area contributed by atoms with Gasteiger partial charge in [-0.05, 0) is 25.4 Å². The summed E-state index contributed by atoms with van der Waals surface area (Å²) in [6, 6.07) is 1.48. The van der Waals surface area contributed by atoms with Gasteiger partial charge in [-0.2, -0.15) is 15.0 Å². The minimum Gasteiger partial charge on any atom is -0.461 e. The van der Waals surface area contributed by atoms with E-state index in [4.69, 9.17) is 16.3 Å². The van der Waals surface area contributed by atoms with Gasteiger partial charge in [0.15, 0.2) is 17.5 Å². The molecule has 0 unspecified atom stereocenters. The number of benzene rings is 1. The zero-order valence-corrected chi connectivity index (χ0v) is 11.7. The largest absolute Gasteiger partial charge is 0.461 e. The van der Waals surface area contributed by atoms with Crippen molar-refractivity contribution in [2.75, 3.05) is 5.32 Å². The summed E-state index contributed by atoms with van der Waals surface area (Å²) in [6.45, 7) is 3.52. The zero-order valence-electron chi connectivity index (χ0n) is 11.0. The van der Waals surface area contributed by atoms with E-state index in [-0.39, 0.29) is 29.0 Å². The number of halogens is 4. The number of hydrogen-bond acceptors (Lipinski definition) is 5. The second-order valence-electron chi connectivity index (χ2n) is 4.26. The lowest BCUT2D eigenvalue weighted by Gasteiger charge is -2.10. The van der Waals surface area contributed by atoms with Crippen molar-refractivity contribution < 1.29 is 17.9 Å². The average molecular weight is 319 g/mol. The van der Waals surface area contributed by atoms with Crippen LogP contribution in [0.5, 0.6) is 6.01 Å². The summed E-state index contributed by atoms with van der Waals surface area (Å²) >= 11 is 5.70. The van der Waals surface area contributed by atoms with Crippen LogP contribution in [0.25, 0.3) is 0 Å². The maximum absolute atomic E-state index is 13.1. The number of ether oxygens (including phenoxy) is 1. The fourth-order valence-electron chi connectivity index (χ4n) is 1.41. The number of rotatable bonds is 4. The van der Waals surface area contributed by atoms with Crippen LogP contribution in [0.2, 0.25) is 5.28 Å². The Bertz CT molecular complexity index is 646. The Morgan fingerprint density at radius 2 is 1.71 bits per heavy atom. The smallest absolute Gasteiger partial charge is 0.322 e. The summed E-state index contributed by atoms with van der Waals surface area (Å²) in [5.41, 5.74) is -0.0795. The molecule has 21 heavy (non-hydrogen) atoms. The fraction of sp³-hybridized carbons (Fsp3) is 0.250. The summed E-state index contributed by atoms with van der Waals surface area (Å²) in [5, 5.41) is 2.33. The van der Waals surface area contributed by atoms with Gasteiger partial charge in [-0.25, -0.2) is 13.2 Å². The Hall–Kier alpha value is -2.09. The Labute approximate surface area is 123 Å². The van der Waals surface area contributed by atoms with Crippen LogP contribution in [0.1, 0.15) is 13.8 Å². The lowest BCUT2D eigenvalue weighted by molar-refractivity contribution is 0.222. The molecule has 1 N–H and O–H groups in total. The molecule has 5 nitrogen and oxygen atoms in total. The van der Waals surface area contributed by atoms with Crippen LogP contribution in [0.15, 0.2) is 12.1 Å². The SMILES string of the molecule is CC(C)Oc1nc(Cl)nc(Nc2cc(F)c(F)c(F)c2)n1. The standard InChI is InChI=1S/C12H10ClF3N4O/c1-5(2)21-12-19-10(13)18-11(20-12)17-6-3-7(14)9(16)8(15)4-6/h3-5H,1-2H3,(H,17,18,19,20). The number of hydrogen-bond donors (Lipinski definition) is 1. The first kappa shape index (κ1) is 15.3. The summed E-state index contributed by atoms with van der Waals surface area (Å²) in [7, 11) is 0. The van der Waals surface area contributed by atoms with Crippen LogP contribution in [-0.2, 0) is 0 Å². The minimum absolute atomic E-state index is 0.0458. The van der Waals surface area contributed by atoms with E-state index in [9.17, 15) is 13.2 Å². The molecule has 0 fully saturated rings. The number of nitrogens with zero attached hydrogens (tertiary/aromatic N) is 3. The topological polar surface area (TPSA) is 59.9 Å². The molecule has 0 saturated carbocycles. The maximum atomic E-state index is 13.1. The molecule has 0 atom stereocenters. The van der Waals surface area contributed by atoms with Crippen molar-refractivity contribution in [1.82, 2.24) is 15.0 Å². The molecule has 0 spiro atoms. The quantitative estimate of drug-likeness (QED) is 0.875. The highest BCUT2D eigenvalue weighted by Crippen LogP contribution is 2.21. The lowest BCUT2D eigenvalue weighted by atomic mass is 10.3. The van der Waals surface area contributed by atoms with Gasteiger partial charge in [-0.3, -0.25) is 0 Å². The normalized spacial score (nSPS) is 10.8. The molecular weight excluding hydrogens is 309 g/mol. The van der Waals surface area contributed by atoms with Crippen molar-refractivity contribution in [3.8, 4) is 6.01 Å². The van der Waals surface area contributed by atoms with Crippen molar-refractivity contribution in [2.45, 2.75) is 20.0 Å². The van der Waals surface area contributed by atoms with E-state index in [0.717, 1.165) is 12.1 Å². The van der Waals surface area contributed by atoms with Crippen molar-refractivity contribution in [2.24, 2.45) is 0 Å². The maximum Gasteiger partial charge on any atom is 0.322 e. The molecule has 1 aromatic carbocycles. The number of aromatic nitrogens is 3. The van der Waals surface area contributed by atoms with Gasteiger partial charge in [0.1, 0.15) is 0 Å². The Kier molecular flexibility index (Phi) is 4.46. The molecule has 2 aromatic rings. The van der Waals surface area contributed by atoms with Crippen LogP contribution >= 0.6 is 11.6 Å². The van der Waals surface area contributed by atoms with E-state index in [0.29, 0.717) is 0 Å². The minimum atomic E-state index is -1.56. The highest BCUT2D eigenvalue weighted by Gasteiger charge is 2.13. The van der Waals surface area contributed by atoms with Crippen LogP contribution in [-0.4, -0.2) is 21.1 Å². The van der Waals surface area contributed by atoms with Gasteiger partial charge in [0.25, 0.3) is 0 Å². The van der Waals surface area contributed by atoms with Crippen LogP contribution < -0.4 is 10.1 Å². The van der Waals surface area contributed by atoms with Crippen molar-refractivity contribution in [1.29, 1.82) is 0 Å². The van der Waals surface area contributed by atoms with E-state index in [1.165, 1.54) is 0 Å². The van der Waals surface area contributed by atoms with E-state index in [1.54, 1.807) is 13.8 Å². The van der Waals surface area contributed by atoms with Gasteiger partial charge >= 0.3 is 6.01 Å². The predicted molar refractivity (Wildman–Crippen MR) is 70.2 cm³/mol. The van der Waals surface area contributed by atoms with Gasteiger partial charge in [0, 0.05) is 17.8 Å². The van der Waals surface area contributed by atoms with Crippen molar-refractivity contribution >= 4 is 23.2 Å². The predicted octanol–water partition coefficient (Wildman–Crippen LogP) is 3.47. The van der Waals surface area contributed by atoms with Gasteiger partial charge in [-0.15, -0.1) is 0 Å². The molecule has 112 valence electrons. The monoisotopic (exact) mass is 318 g/mol. The second kappa shape index (κ2) is 6.13. The van der Waals surface area contributed by atoms with E-state index in [2.05, 4.69) is 20.3 Å². The molecule has 0 bridgehead atoms. The fourth-order valence-corrected chi connectivity index (χ4v) is 1.56. The molecule has 1 heterocycles. The third-order valence-corrected chi connectivity index (χ3v) is 2.34. The zero-order chi connectivity index (χ0) is 15.6. The molecule has 0 aliphatic heterocycles. The molecular formula is C12H10ClF3N4O. The molecule has 0 saturated heterocycles. The van der Waals surface area contributed by atoms with Gasteiger partial charge in [-0.1, -0.05) is 0 Å². The van der Waals surface area contributed by atoms with Gasteiger partial charge < -0.3 is 10.1 Å². The first-order chi connectivity index (χ1) is 9.85. The van der Waals surface area contributed by atoms with Crippen LogP contribution in [0, 0.1) is 17.5 Å². The van der Waals surface area contributed by atoms with E-state index in [1.807, 2.05) is 0 Å². The molecule has 9 heteroatoms. The molecule has 1 aromatic heterocycles. The Morgan fingerprint density at radius 1 is 1.10 bits per heavy atom. The molecule has 0 aliphatic rings. The van der Waals surface area contributed by atoms with Crippen LogP contribution in [0.3, 0.4) is 0 Å². The Balaban J connectivity index is 2.29. The van der Waals surface area contributed by atoms with Crippen molar-refractivity contribution in [3.05, 3.63) is 34.9 Å². The average Bonchev–Trinajstić information content (AvgIpc) is 2.34. The molecule has 0 aliphatic carbocycles. The van der Waals surface area contributed by atoms with E-state index >= 15 is 0 Å². The molecule has 0 amide bonds. The third-order valence-electron chi connectivity index (χ3n) is 2.17. The molecule has 2 rings (SSSR count). The highest BCUT2D eigenvalue weighted by atomic mass is 35.5. The summed E-state index contributed by atoms with van der Waals surface area (Å²) in [6.07, 6.45) is -0.197. The second-order valence-corrected chi connectivity index (χ2v) is 4.59. The van der Waals surface area contributed by atoms with Gasteiger partial charge in [0.05, 0.1) is 6.10 Å². The summed E-state index contributed by atoms with van der Waals surface area (Å²) in [4.78, 5) is 11.3. The highest BCUT2D eigenvalue weighted by molar-refractivity contribution is 6.28. The van der Waals surface area contributed by atoms with Gasteiger partial charge in [0.2, 0.25) is 11.2 Å². The first-order valence-corrected chi connectivity index (χ1v) is 6.22. The van der Waals surface area contributed by atoms with E-state index < -0.39 is 17.5 Å². The third kappa shape index (κ3) is 3.94. The number of anilines is 2. The van der Waals surface area contributed by atoms with Crippen LogP contribution in [0.4, 0.5) is 24.8 Å². The Morgan fingerprint density at radius 3 is 2.29 bits per heavy atom. The van der Waals surface area contributed by atoms with Crippen molar-refractivity contribution in [3.63, 3.8) is 0 Å².